The first kappa shape index (κ1) is 8.00. The van der Waals surface area contributed by atoms with Gasteiger partial charge in [-0.2, -0.15) is 0 Å². The second-order valence-electron chi connectivity index (χ2n) is 3.35. The first-order valence-corrected chi connectivity index (χ1v) is 5.59. The molecule has 0 saturated heterocycles. The largest absolute Gasteiger partial charge is 0.384 e. The van der Waals surface area contributed by atoms with Crippen molar-refractivity contribution in [3.8, 4) is 10.6 Å². The molecule has 1 aliphatic rings. The number of nitrogens with zero attached hydrogens (tertiary/aromatic N) is 1. The van der Waals surface area contributed by atoms with Crippen molar-refractivity contribution in [1.29, 1.82) is 0 Å². The number of hydrogen-bond donors (Lipinski definition) is 1. The van der Waals surface area contributed by atoms with Gasteiger partial charge in [0.1, 0.15) is 5.01 Å². The van der Waals surface area contributed by atoms with Crippen LogP contribution in [0, 0.1) is 0 Å². The van der Waals surface area contributed by atoms with E-state index < -0.39 is 0 Å². The summed E-state index contributed by atoms with van der Waals surface area (Å²) in [6, 6.07) is 6.39. The molecule has 0 saturated carbocycles. The molecule has 70 valence electrons. The normalized spacial score (nSPS) is 13.7. The lowest BCUT2D eigenvalue weighted by Crippen LogP contribution is -1.90. The quantitative estimate of drug-likeness (QED) is 0.769. The van der Waals surface area contributed by atoms with Gasteiger partial charge in [0.25, 0.3) is 0 Å². The average molecular weight is 202 g/mol. The van der Waals surface area contributed by atoms with Crippen molar-refractivity contribution in [2.45, 2.75) is 6.42 Å². The summed E-state index contributed by atoms with van der Waals surface area (Å²) in [5.74, 6) is 0. The molecule has 1 aromatic carbocycles. The molecular weight excluding hydrogens is 192 g/mol. The summed E-state index contributed by atoms with van der Waals surface area (Å²) >= 11 is 1.70. The van der Waals surface area contributed by atoms with Gasteiger partial charge in [-0.1, -0.05) is 12.1 Å². The van der Waals surface area contributed by atoms with Crippen LogP contribution in [-0.4, -0.2) is 11.5 Å². The minimum atomic E-state index is 1.05. The van der Waals surface area contributed by atoms with Gasteiger partial charge in [-0.25, -0.2) is 4.98 Å². The first-order chi connectivity index (χ1) is 6.95. The number of fused-ring (bicyclic) bond motifs is 1. The van der Waals surface area contributed by atoms with E-state index >= 15 is 0 Å². The zero-order chi connectivity index (χ0) is 9.38. The number of nitrogens with one attached hydrogen (secondary N) is 1. The van der Waals surface area contributed by atoms with Crippen molar-refractivity contribution in [3.63, 3.8) is 0 Å². The van der Waals surface area contributed by atoms with Gasteiger partial charge in [0, 0.05) is 29.4 Å². The fourth-order valence-corrected chi connectivity index (χ4v) is 2.59. The molecule has 0 amide bonds. The molecule has 1 aromatic heterocycles. The zero-order valence-corrected chi connectivity index (χ0v) is 8.47. The molecule has 14 heavy (non-hydrogen) atoms. The smallest absolute Gasteiger partial charge is 0.123 e. The van der Waals surface area contributed by atoms with Gasteiger partial charge in [0.2, 0.25) is 0 Å². The maximum absolute atomic E-state index is 4.35. The maximum Gasteiger partial charge on any atom is 0.123 e. The molecule has 3 rings (SSSR count). The summed E-state index contributed by atoms with van der Waals surface area (Å²) < 4.78 is 0. The van der Waals surface area contributed by atoms with E-state index in [-0.39, 0.29) is 0 Å². The summed E-state index contributed by atoms with van der Waals surface area (Å²) in [7, 11) is 0. The molecule has 0 atom stereocenters. The van der Waals surface area contributed by atoms with Gasteiger partial charge in [-0.3, -0.25) is 0 Å². The topological polar surface area (TPSA) is 24.9 Å². The van der Waals surface area contributed by atoms with Crippen LogP contribution in [0.5, 0.6) is 0 Å². The van der Waals surface area contributed by atoms with Crippen molar-refractivity contribution >= 4 is 17.0 Å². The third kappa shape index (κ3) is 1.13. The van der Waals surface area contributed by atoms with Gasteiger partial charge in [-0.05, 0) is 18.1 Å². The van der Waals surface area contributed by atoms with Crippen LogP contribution in [0.15, 0.2) is 29.8 Å². The van der Waals surface area contributed by atoms with E-state index in [0.717, 1.165) is 18.0 Å². The predicted octanol–water partition coefficient (Wildman–Crippen LogP) is 2.78. The lowest BCUT2D eigenvalue weighted by atomic mass is 10.1. The predicted molar refractivity (Wildman–Crippen MR) is 59.7 cm³/mol. The molecule has 2 heterocycles. The molecule has 0 radical (unpaired) electrons. The average Bonchev–Trinajstić information content (AvgIpc) is 2.88. The number of anilines is 1. The van der Waals surface area contributed by atoms with Crippen molar-refractivity contribution in [3.05, 3.63) is 35.3 Å². The van der Waals surface area contributed by atoms with E-state index in [4.69, 9.17) is 0 Å². The van der Waals surface area contributed by atoms with Crippen molar-refractivity contribution in [2.24, 2.45) is 0 Å². The van der Waals surface area contributed by atoms with Gasteiger partial charge in [0.15, 0.2) is 0 Å². The van der Waals surface area contributed by atoms with E-state index in [2.05, 4.69) is 28.5 Å². The highest BCUT2D eigenvalue weighted by Gasteiger charge is 2.15. The van der Waals surface area contributed by atoms with Crippen LogP contribution in [0.3, 0.4) is 0 Å². The summed E-state index contributed by atoms with van der Waals surface area (Å²) in [6.45, 7) is 1.05. The van der Waals surface area contributed by atoms with E-state index in [9.17, 15) is 0 Å². The molecule has 2 nitrogen and oxygen atoms in total. The highest BCUT2D eigenvalue weighted by molar-refractivity contribution is 7.13. The second-order valence-corrected chi connectivity index (χ2v) is 4.24. The SMILES string of the molecule is c1cc2c(c(-c3nccs3)c1)CCN2. The summed E-state index contributed by atoms with van der Waals surface area (Å²) in [6.07, 6.45) is 2.98. The number of aromatic nitrogens is 1. The van der Waals surface area contributed by atoms with E-state index in [1.807, 2.05) is 11.6 Å². The fraction of sp³-hybridized carbons (Fsp3) is 0.182. The Morgan fingerprint density at radius 2 is 2.36 bits per heavy atom. The summed E-state index contributed by atoms with van der Waals surface area (Å²) in [4.78, 5) is 4.35. The Hall–Kier alpha value is -1.35. The lowest BCUT2D eigenvalue weighted by molar-refractivity contribution is 1.11. The van der Waals surface area contributed by atoms with E-state index in [1.165, 1.54) is 16.8 Å². The number of rotatable bonds is 1. The molecule has 0 aliphatic carbocycles. The molecule has 3 heteroatoms. The molecule has 0 fully saturated rings. The van der Waals surface area contributed by atoms with Crippen molar-refractivity contribution < 1.29 is 0 Å². The molecule has 0 bridgehead atoms. The van der Waals surface area contributed by atoms with Crippen LogP contribution in [0.2, 0.25) is 0 Å². The Morgan fingerprint density at radius 1 is 1.36 bits per heavy atom. The maximum atomic E-state index is 4.35. The van der Waals surface area contributed by atoms with Crippen LogP contribution < -0.4 is 5.32 Å². The van der Waals surface area contributed by atoms with Gasteiger partial charge in [0.05, 0.1) is 0 Å². The Balaban J connectivity index is 2.20. The molecule has 2 aromatic rings. The van der Waals surface area contributed by atoms with Gasteiger partial charge >= 0.3 is 0 Å². The molecule has 1 aliphatic heterocycles. The van der Waals surface area contributed by atoms with Crippen LogP contribution in [0.4, 0.5) is 5.69 Å². The van der Waals surface area contributed by atoms with Crippen molar-refractivity contribution in [2.75, 3.05) is 11.9 Å². The monoisotopic (exact) mass is 202 g/mol. The van der Waals surface area contributed by atoms with Gasteiger partial charge in [-0.15, -0.1) is 11.3 Å². The highest BCUT2D eigenvalue weighted by atomic mass is 32.1. The molecule has 1 N–H and O–H groups in total. The van der Waals surface area contributed by atoms with Crippen LogP contribution in [-0.2, 0) is 6.42 Å². The standard InChI is InChI=1S/C11H10N2S/c1-2-9(11-13-6-7-14-11)8-4-5-12-10(8)3-1/h1-3,6-7,12H,4-5H2. The minimum Gasteiger partial charge on any atom is -0.384 e. The van der Waals surface area contributed by atoms with Crippen molar-refractivity contribution in [1.82, 2.24) is 4.98 Å². The van der Waals surface area contributed by atoms with E-state index in [1.54, 1.807) is 11.3 Å². The second kappa shape index (κ2) is 3.10. The number of thiazole rings is 1. The third-order valence-corrected chi connectivity index (χ3v) is 3.34. The molecule has 0 unspecified atom stereocenters. The number of benzene rings is 1. The van der Waals surface area contributed by atoms with Gasteiger partial charge < -0.3 is 5.32 Å². The summed E-state index contributed by atoms with van der Waals surface area (Å²) in [5, 5.41) is 6.53. The zero-order valence-electron chi connectivity index (χ0n) is 7.66. The minimum absolute atomic E-state index is 1.05. The Kier molecular flexibility index (Phi) is 1.77. The Morgan fingerprint density at radius 3 is 3.21 bits per heavy atom. The Bertz CT molecular complexity index is 448. The summed E-state index contributed by atoms with van der Waals surface area (Å²) in [5.41, 5.74) is 3.99. The van der Waals surface area contributed by atoms with Crippen LogP contribution in [0.25, 0.3) is 10.6 Å². The van der Waals surface area contributed by atoms with E-state index in [0.29, 0.717) is 0 Å². The molecular formula is C11H10N2S. The lowest BCUT2D eigenvalue weighted by Gasteiger charge is -2.03. The fourth-order valence-electron chi connectivity index (χ4n) is 1.90. The van der Waals surface area contributed by atoms with Crippen LogP contribution in [0.1, 0.15) is 5.56 Å². The first-order valence-electron chi connectivity index (χ1n) is 4.71. The third-order valence-electron chi connectivity index (χ3n) is 2.53. The Labute approximate surface area is 86.6 Å². The number of hydrogen-bond acceptors (Lipinski definition) is 3. The van der Waals surface area contributed by atoms with Crippen LogP contribution >= 0.6 is 11.3 Å². The highest BCUT2D eigenvalue weighted by Crippen LogP contribution is 2.33. The molecule has 0 spiro atoms.